The lowest BCUT2D eigenvalue weighted by Crippen LogP contribution is -2.22. The van der Waals surface area contributed by atoms with Gasteiger partial charge in [0.2, 0.25) is 0 Å². The highest BCUT2D eigenvalue weighted by molar-refractivity contribution is 6.11. The maximum absolute atomic E-state index is 13.2. The van der Waals surface area contributed by atoms with Crippen molar-refractivity contribution in [2.45, 2.75) is 38.6 Å². The second-order valence-electron chi connectivity index (χ2n) is 7.58. The van der Waals surface area contributed by atoms with Crippen molar-refractivity contribution < 1.29 is 14.3 Å². The summed E-state index contributed by atoms with van der Waals surface area (Å²) in [5.41, 5.74) is 2.32. The summed E-state index contributed by atoms with van der Waals surface area (Å²) in [4.78, 5) is 25.0. The van der Waals surface area contributed by atoms with Crippen LogP contribution in [0.1, 0.15) is 53.0 Å². The van der Waals surface area contributed by atoms with E-state index in [1.54, 1.807) is 24.3 Å². The molecule has 1 aromatic heterocycles. The molecule has 2 aromatic carbocycles. The van der Waals surface area contributed by atoms with Gasteiger partial charge in [0.1, 0.15) is 5.69 Å². The number of aromatic nitrogens is 2. The molecule has 1 heterocycles. The molecule has 0 atom stereocenters. The van der Waals surface area contributed by atoms with Crippen LogP contribution in [0.4, 0.5) is 5.69 Å². The predicted octanol–water partition coefficient (Wildman–Crippen LogP) is 4.66. The van der Waals surface area contributed by atoms with Crippen molar-refractivity contribution in [1.82, 2.24) is 9.78 Å². The van der Waals surface area contributed by atoms with Gasteiger partial charge >= 0.3 is 5.97 Å². The van der Waals surface area contributed by atoms with Crippen molar-refractivity contribution in [3.8, 4) is 0 Å². The fraction of sp³-hybridized carbons (Fsp3) is 0.348. The average Bonchev–Trinajstić information content (AvgIpc) is 3.12. The smallest absolute Gasteiger partial charge is 0.337 e. The van der Waals surface area contributed by atoms with Gasteiger partial charge in [-0.05, 0) is 43.0 Å². The Labute approximate surface area is 169 Å². The van der Waals surface area contributed by atoms with Crippen LogP contribution in [0, 0.1) is 5.92 Å². The Balaban J connectivity index is 1.64. The highest BCUT2D eigenvalue weighted by Crippen LogP contribution is 2.27. The molecule has 0 unspecified atom stereocenters. The molecule has 0 bridgehead atoms. The third kappa shape index (κ3) is 4.16. The van der Waals surface area contributed by atoms with Crippen LogP contribution in [-0.2, 0) is 11.3 Å². The minimum atomic E-state index is -0.436. The molecule has 4 rings (SSSR count). The van der Waals surface area contributed by atoms with Crippen molar-refractivity contribution in [3.05, 3.63) is 59.8 Å². The molecule has 1 N–H and O–H groups in total. The van der Waals surface area contributed by atoms with E-state index in [2.05, 4.69) is 5.32 Å². The zero-order valence-electron chi connectivity index (χ0n) is 16.6. The lowest BCUT2D eigenvalue weighted by Gasteiger charge is -2.22. The Kier molecular flexibility index (Phi) is 5.60. The Morgan fingerprint density at radius 1 is 1.10 bits per heavy atom. The van der Waals surface area contributed by atoms with Crippen LogP contribution >= 0.6 is 0 Å². The first-order chi connectivity index (χ1) is 14.2. The van der Waals surface area contributed by atoms with Gasteiger partial charge in [0.15, 0.2) is 0 Å². The van der Waals surface area contributed by atoms with E-state index in [9.17, 15) is 9.59 Å². The molecule has 29 heavy (non-hydrogen) atoms. The number of carbonyl (C=O) groups is 2. The average molecular weight is 391 g/mol. The van der Waals surface area contributed by atoms with E-state index in [0.717, 1.165) is 17.4 Å². The molecule has 6 heteroatoms. The second kappa shape index (κ2) is 8.47. The molecular formula is C23H25N3O3. The molecule has 1 fully saturated rings. The fourth-order valence-electron chi connectivity index (χ4n) is 4.10. The Bertz CT molecular complexity index is 1030. The van der Waals surface area contributed by atoms with Crippen LogP contribution in [0.25, 0.3) is 10.9 Å². The summed E-state index contributed by atoms with van der Waals surface area (Å²) in [5.74, 6) is -0.113. The number of ether oxygens (including phenoxy) is 1. The van der Waals surface area contributed by atoms with E-state index in [1.165, 1.54) is 39.2 Å². The predicted molar refractivity (Wildman–Crippen MR) is 112 cm³/mol. The third-order valence-corrected chi connectivity index (χ3v) is 5.56. The van der Waals surface area contributed by atoms with Crippen LogP contribution in [0.5, 0.6) is 0 Å². The molecule has 0 radical (unpaired) electrons. The van der Waals surface area contributed by atoms with Crippen molar-refractivity contribution in [2.75, 3.05) is 12.4 Å². The van der Waals surface area contributed by atoms with Crippen LogP contribution in [0.3, 0.4) is 0 Å². The van der Waals surface area contributed by atoms with Crippen molar-refractivity contribution in [2.24, 2.45) is 5.92 Å². The number of rotatable bonds is 5. The number of hydrogen-bond acceptors (Lipinski definition) is 4. The SMILES string of the molecule is COC(=O)c1cccc(NC(=O)c2c3ccccc3nn2CC2CCCCC2)c1. The van der Waals surface area contributed by atoms with Crippen LogP contribution in [0.2, 0.25) is 0 Å². The number of nitrogens with one attached hydrogen (secondary N) is 1. The summed E-state index contributed by atoms with van der Waals surface area (Å²) in [7, 11) is 1.34. The fourth-order valence-corrected chi connectivity index (χ4v) is 4.10. The van der Waals surface area contributed by atoms with E-state index in [-0.39, 0.29) is 5.91 Å². The Morgan fingerprint density at radius 3 is 2.69 bits per heavy atom. The molecule has 0 spiro atoms. The number of fused-ring (bicyclic) bond motifs is 1. The zero-order chi connectivity index (χ0) is 20.2. The highest BCUT2D eigenvalue weighted by atomic mass is 16.5. The maximum atomic E-state index is 13.2. The van der Waals surface area contributed by atoms with Gasteiger partial charge in [-0.25, -0.2) is 4.79 Å². The van der Waals surface area contributed by atoms with E-state index in [0.29, 0.717) is 22.9 Å². The Morgan fingerprint density at radius 2 is 1.90 bits per heavy atom. The van der Waals surface area contributed by atoms with E-state index in [4.69, 9.17) is 9.84 Å². The highest BCUT2D eigenvalue weighted by Gasteiger charge is 2.22. The van der Waals surface area contributed by atoms with Crippen molar-refractivity contribution in [3.63, 3.8) is 0 Å². The first-order valence-electron chi connectivity index (χ1n) is 10.1. The summed E-state index contributed by atoms with van der Waals surface area (Å²) >= 11 is 0. The quantitative estimate of drug-likeness (QED) is 0.642. The number of nitrogens with zero attached hydrogens (tertiary/aromatic N) is 2. The zero-order valence-corrected chi connectivity index (χ0v) is 16.6. The number of methoxy groups -OCH3 is 1. The minimum absolute atomic E-state index is 0.225. The first-order valence-corrected chi connectivity index (χ1v) is 10.1. The number of esters is 1. The van der Waals surface area contributed by atoms with Crippen LogP contribution in [0.15, 0.2) is 48.5 Å². The molecule has 150 valence electrons. The van der Waals surface area contributed by atoms with Gasteiger partial charge in [0, 0.05) is 17.6 Å². The second-order valence-corrected chi connectivity index (χ2v) is 7.58. The molecule has 1 aliphatic carbocycles. The first kappa shape index (κ1) is 19.2. The van der Waals surface area contributed by atoms with Gasteiger partial charge in [-0.3, -0.25) is 9.48 Å². The lowest BCUT2D eigenvalue weighted by atomic mass is 9.89. The molecule has 0 aliphatic heterocycles. The van der Waals surface area contributed by atoms with E-state index in [1.807, 2.05) is 28.9 Å². The molecule has 0 saturated heterocycles. The number of hydrogen-bond donors (Lipinski definition) is 1. The molecule has 6 nitrogen and oxygen atoms in total. The minimum Gasteiger partial charge on any atom is -0.465 e. The molecule has 3 aromatic rings. The normalized spacial score (nSPS) is 14.7. The number of carbonyl (C=O) groups excluding carboxylic acids is 2. The van der Waals surface area contributed by atoms with Crippen molar-refractivity contribution in [1.29, 1.82) is 0 Å². The lowest BCUT2D eigenvalue weighted by molar-refractivity contribution is 0.0600. The molecule has 1 saturated carbocycles. The summed E-state index contributed by atoms with van der Waals surface area (Å²) in [5, 5.41) is 8.47. The van der Waals surface area contributed by atoms with Gasteiger partial charge in [-0.15, -0.1) is 0 Å². The maximum Gasteiger partial charge on any atom is 0.337 e. The standard InChI is InChI=1S/C23H25N3O3/c1-29-23(28)17-10-7-11-18(14-17)24-22(27)21-19-12-5-6-13-20(19)25-26(21)15-16-8-3-2-4-9-16/h5-7,10-14,16H,2-4,8-9,15H2,1H3,(H,24,27). The largest absolute Gasteiger partial charge is 0.465 e. The monoisotopic (exact) mass is 391 g/mol. The van der Waals surface area contributed by atoms with Crippen molar-refractivity contribution >= 4 is 28.5 Å². The van der Waals surface area contributed by atoms with Gasteiger partial charge in [0.25, 0.3) is 5.91 Å². The van der Waals surface area contributed by atoms with E-state index < -0.39 is 5.97 Å². The van der Waals surface area contributed by atoms with Gasteiger partial charge in [0.05, 0.1) is 18.2 Å². The molecule has 1 aliphatic rings. The summed E-state index contributed by atoms with van der Waals surface area (Å²) in [6.45, 7) is 0.750. The third-order valence-electron chi connectivity index (χ3n) is 5.56. The van der Waals surface area contributed by atoms with Gasteiger partial charge in [-0.1, -0.05) is 43.5 Å². The summed E-state index contributed by atoms with van der Waals surface area (Å²) in [6.07, 6.45) is 6.14. The number of amides is 1. The molecule has 1 amide bonds. The van der Waals surface area contributed by atoms with E-state index >= 15 is 0 Å². The van der Waals surface area contributed by atoms with Gasteiger partial charge < -0.3 is 10.1 Å². The topological polar surface area (TPSA) is 73.2 Å². The summed E-state index contributed by atoms with van der Waals surface area (Å²) in [6, 6.07) is 14.5. The number of benzene rings is 2. The van der Waals surface area contributed by atoms with Crippen LogP contribution < -0.4 is 5.32 Å². The Hall–Kier alpha value is -3.15. The van der Waals surface area contributed by atoms with Gasteiger partial charge in [-0.2, -0.15) is 5.10 Å². The summed E-state index contributed by atoms with van der Waals surface area (Å²) < 4.78 is 6.63. The molecular weight excluding hydrogens is 366 g/mol. The van der Waals surface area contributed by atoms with Crippen LogP contribution in [-0.4, -0.2) is 28.8 Å². The number of anilines is 1.